The molecule has 92 valence electrons. The highest BCUT2D eigenvalue weighted by Gasteiger charge is 2.14. The Balaban J connectivity index is 2.88. The predicted octanol–water partition coefficient (Wildman–Crippen LogP) is 1.49. The molecule has 0 aliphatic heterocycles. The van der Waals surface area contributed by atoms with Gasteiger partial charge in [-0.15, -0.1) is 3.89 Å². The summed E-state index contributed by atoms with van der Waals surface area (Å²) in [5.74, 6) is -0.193. The first-order valence-corrected chi connectivity index (χ1v) is 6.24. The van der Waals surface area contributed by atoms with E-state index in [1.807, 2.05) is 0 Å². The summed E-state index contributed by atoms with van der Waals surface area (Å²) in [5, 5.41) is 2.51. The van der Waals surface area contributed by atoms with Crippen molar-refractivity contribution in [1.29, 1.82) is 0 Å². The number of carbonyl (C=O) groups excluding carboxylic acids is 1. The summed E-state index contributed by atoms with van der Waals surface area (Å²) in [6, 6.07) is 5.72. The van der Waals surface area contributed by atoms with Crippen molar-refractivity contribution in [1.82, 2.24) is 5.32 Å². The molecule has 0 aliphatic rings. The molecular formula is C11H12FNO3S. The minimum Gasteiger partial charge on any atom is -0.353 e. The largest absolute Gasteiger partial charge is 0.353 e. The summed E-state index contributed by atoms with van der Waals surface area (Å²) < 4.78 is 34.5. The Morgan fingerprint density at radius 3 is 2.65 bits per heavy atom. The zero-order valence-electron chi connectivity index (χ0n) is 9.18. The fraction of sp³-hybridized carbons (Fsp3) is 0.182. The van der Waals surface area contributed by atoms with Crippen molar-refractivity contribution in [2.24, 2.45) is 0 Å². The van der Waals surface area contributed by atoms with Gasteiger partial charge in [0.1, 0.15) is 4.90 Å². The van der Waals surface area contributed by atoms with Crippen LogP contribution in [-0.2, 0) is 15.0 Å². The van der Waals surface area contributed by atoms with Crippen molar-refractivity contribution in [3.05, 3.63) is 35.9 Å². The van der Waals surface area contributed by atoms with Crippen molar-refractivity contribution in [2.45, 2.75) is 11.8 Å². The molecule has 0 heterocycles. The molecule has 4 nitrogen and oxygen atoms in total. The molecule has 0 saturated carbocycles. The van der Waals surface area contributed by atoms with Crippen molar-refractivity contribution >= 4 is 22.2 Å². The first-order valence-electron chi connectivity index (χ1n) is 4.86. The van der Waals surface area contributed by atoms with E-state index in [1.54, 1.807) is 12.1 Å². The molecule has 0 aromatic heterocycles. The SMILES string of the molecule is CC(=O)NCC=Cc1ccccc1S(=O)(=O)F. The summed E-state index contributed by atoms with van der Waals surface area (Å²) in [7, 11) is -4.73. The van der Waals surface area contributed by atoms with E-state index in [1.165, 1.54) is 31.2 Å². The van der Waals surface area contributed by atoms with Gasteiger partial charge in [-0.25, -0.2) is 0 Å². The molecular weight excluding hydrogens is 245 g/mol. The smallest absolute Gasteiger partial charge is 0.332 e. The Hall–Kier alpha value is -1.69. The van der Waals surface area contributed by atoms with Crippen LogP contribution in [0.2, 0.25) is 0 Å². The molecule has 17 heavy (non-hydrogen) atoms. The molecule has 0 fully saturated rings. The van der Waals surface area contributed by atoms with Gasteiger partial charge in [-0.1, -0.05) is 30.4 Å². The van der Waals surface area contributed by atoms with Crippen molar-refractivity contribution in [3.63, 3.8) is 0 Å². The van der Waals surface area contributed by atoms with E-state index in [0.29, 0.717) is 0 Å². The van der Waals surface area contributed by atoms with Crippen LogP contribution in [0, 0.1) is 0 Å². The molecule has 1 amide bonds. The normalized spacial score (nSPS) is 11.6. The Morgan fingerprint density at radius 2 is 2.06 bits per heavy atom. The summed E-state index contributed by atoms with van der Waals surface area (Å²) in [5.41, 5.74) is 0.250. The number of rotatable bonds is 4. The van der Waals surface area contributed by atoms with Gasteiger partial charge in [0, 0.05) is 13.5 Å². The number of halogens is 1. The first kappa shape index (κ1) is 13.4. The van der Waals surface area contributed by atoms with E-state index < -0.39 is 10.2 Å². The lowest BCUT2D eigenvalue weighted by Gasteiger charge is -2.00. The third-order valence-corrected chi connectivity index (χ3v) is 2.85. The number of benzene rings is 1. The molecule has 0 spiro atoms. The van der Waals surface area contributed by atoms with E-state index in [2.05, 4.69) is 5.32 Å². The Kier molecular flexibility index (Phi) is 4.39. The molecule has 0 aliphatic carbocycles. The Bertz CT molecular complexity index is 537. The van der Waals surface area contributed by atoms with Gasteiger partial charge in [0.15, 0.2) is 0 Å². The minimum atomic E-state index is -4.73. The van der Waals surface area contributed by atoms with Crippen LogP contribution in [0.25, 0.3) is 6.08 Å². The average molecular weight is 257 g/mol. The lowest BCUT2D eigenvalue weighted by molar-refractivity contribution is -0.118. The quantitative estimate of drug-likeness (QED) is 0.831. The van der Waals surface area contributed by atoms with Crippen LogP contribution >= 0.6 is 0 Å². The Labute approximate surface area is 99.4 Å². The molecule has 0 atom stereocenters. The molecule has 6 heteroatoms. The molecule has 1 rings (SSSR count). The zero-order chi connectivity index (χ0) is 12.9. The highest BCUT2D eigenvalue weighted by molar-refractivity contribution is 7.86. The van der Waals surface area contributed by atoms with Crippen LogP contribution < -0.4 is 5.32 Å². The van der Waals surface area contributed by atoms with E-state index in [4.69, 9.17) is 0 Å². The third kappa shape index (κ3) is 4.36. The van der Waals surface area contributed by atoms with Gasteiger partial charge in [0.05, 0.1) is 0 Å². The van der Waals surface area contributed by atoms with E-state index in [-0.39, 0.29) is 22.9 Å². The summed E-state index contributed by atoms with van der Waals surface area (Å²) >= 11 is 0. The van der Waals surface area contributed by atoms with E-state index in [9.17, 15) is 17.1 Å². The lowest BCUT2D eigenvalue weighted by Crippen LogP contribution is -2.19. The molecule has 0 radical (unpaired) electrons. The molecule has 1 aromatic carbocycles. The monoisotopic (exact) mass is 257 g/mol. The number of carbonyl (C=O) groups is 1. The molecule has 1 aromatic rings. The van der Waals surface area contributed by atoms with Crippen LogP contribution in [0.1, 0.15) is 12.5 Å². The van der Waals surface area contributed by atoms with Gasteiger partial charge in [0.25, 0.3) is 0 Å². The van der Waals surface area contributed by atoms with Crippen molar-refractivity contribution < 1.29 is 17.1 Å². The third-order valence-electron chi connectivity index (χ3n) is 1.95. The summed E-state index contributed by atoms with van der Waals surface area (Å²) in [6.07, 6.45) is 2.99. The standard InChI is InChI=1S/C11H12FNO3S/c1-9(14)13-8-4-6-10-5-2-3-7-11(10)17(12,15)16/h2-7H,8H2,1H3,(H,13,14). The van der Waals surface area contributed by atoms with Crippen LogP contribution in [0.3, 0.4) is 0 Å². The van der Waals surface area contributed by atoms with Gasteiger partial charge < -0.3 is 5.32 Å². The Morgan fingerprint density at radius 1 is 1.41 bits per heavy atom. The zero-order valence-corrected chi connectivity index (χ0v) is 10.00. The summed E-state index contributed by atoms with van der Waals surface area (Å²) in [4.78, 5) is 10.2. The average Bonchev–Trinajstić information content (AvgIpc) is 2.23. The van der Waals surface area contributed by atoms with Crippen LogP contribution in [0.5, 0.6) is 0 Å². The van der Waals surface area contributed by atoms with Gasteiger partial charge in [-0.05, 0) is 11.6 Å². The first-order chi connectivity index (χ1) is 7.91. The predicted molar refractivity (Wildman–Crippen MR) is 62.5 cm³/mol. The molecule has 0 saturated heterocycles. The number of amides is 1. The number of hydrogen-bond donors (Lipinski definition) is 1. The van der Waals surface area contributed by atoms with Crippen LogP contribution in [-0.4, -0.2) is 20.9 Å². The van der Waals surface area contributed by atoms with Gasteiger partial charge in [-0.2, -0.15) is 8.42 Å². The van der Waals surface area contributed by atoms with Crippen molar-refractivity contribution in [3.8, 4) is 0 Å². The second kappa shape index (κ2) is 5.58. The fourth-order valence-corrected chi connectivity index (χ4v) is 1.89. The van der Waals surface area contributed by atoms with Gasteiger partial charge >= 0.3 is 10.2 Å². The maximum absolute atomic E-state index is 12.9. The summed E-state index contributed by atoms with van der Waals surface area (Å²) in [6.45, 7) is 1.63. The fourth-order valence-electron chi connectivity index (χ4n) is 1.23. The minimum absolute atomic E-state index is 0.193. The second-order valence-corrected chi connectivity index (χ2v) is 4.63. The van der Waals surface area contributed by atoms with Crippen LogP contribution in [0.15, 0.2) is 35.2 Å². The van der Waals surface area contributed by atoms with Crippen LogP contribution in [0.4, 0.5) is 3.89 Å². The maximum atomic E-state index is 12.9. The van der Waals surface area contributed by atoms with Crippen molar-refractivity contribution in [2.75, 3.05) is 6.54 Å². The van der Waals surface area contributed by atoms with E-state index >= 15 is 0 Å². The second-order valence-electron chi connectivity index (χ2n) is 3.32. The highest BCUT2D eigenvalue weighted by atomic mass is 32.3. The molecule has 0 unspecified atom stereocenters. The maximum Gasteiger partial charge on any atom is 0.332 e. The highest BCUT2D eigenvalue weighted by Crippen LogP contribution is 2.18. The van der Waals surface area contributed by atoms with Gasteiger partial charge in [-0.3, -0.25) is 4.79 Å². The number of hydrogen-bond acceptors (Lipinski definition) is 3. The van der Waals surface area contributed by atoms with E-state index in [0.717, 1.165) is 0 Å². The topological polar surface area (TPSA) is 63.2 Å². The van der Waals surface area contributed by atoms with Gasteiger partial charge in [0.2, 0.25) is 5.91 Å². The molecule has 1 N–H and O–H groups in total. The number of nitrogens with one attached hydrogen (secondary N) is 1. The lowest BCUT2D eigenvalue weighted by atomic mass is 10.2. The molecule has 0 bridgehead atoms.